The Balaban J connectivity index is 2.58. The number of carbonyl (C=O) groups is 2. The van der Waals surface area contributed by atoms with E-state index in [0.29, 0.717) is 5.89 Å². The van der Waals surface area contributed by atoms with E-state index in [4.69, 9.17) is 4.42 Å². The molecule has 1 aromatic heterocycles. The Kier molecular flexibility index (Phi) is 4.98. The van der Waals surface area contributed by atoms with E-state index < -0.39 is 23.0 Å². The predicted molar refractivity (Wildman–Crippen MR) is 76.7 cm³/mol. The number of aromatic nitrogens is 1. The van der Waals surface area contributed by atoms with Gasteiger partial charge in [-0.3, -0.25) is 4.79 Å². The van der Waals surface area contributed by atoms with E-state index >= 15 is 0 Å². The van der Waals surface area contributed by atoms with E-state index in [9.17, 15) is 14.7 Å². The molecular formula is C14H23N3O4. The van der Waals surface area contributed by atoms with Gasteiger partial charge < -0.3 is 20.2 Å². The highest BCUT2D eigenvalue weighted by Crippen LogP contribution is 2.30. The van der Waals surface area contributed by atoms with Crippen molar-refractivity contribution in [2.45, 2.75) is 53.1 Å². The van der Waals surface area contributed by atoms with Gasteiger partial charge in [0.1, 0.15) is 5.76 Å². The normalized spacial score (nSPS) is 12.0. The SMILES string of the molecule is CCc1cnc(CNC(=O)NC(C)(C)C(C)(C)C(=O)O)o1. The summed E-state index contributed by atoms with van der Waals surface area (Å²) in [7, 11) is 0. The lowest BCUT2D eigenvalue weighted by atomic mass is 9.74. The maximum atomic E-state index is 11.9. The molecule has 7 nitrogen and oxygen atoms in total. The van der Waals surface area contributed by atoms with Gasteiger partial charge >= 0.3 is 12.0 Å². The summed E-state index contributed by atoms with van der Waals surface area (Å²) >= 11 is 0. The third kappa shape index (κ3) is 3.96. The van der Waals surface area contributed by atoms with Crippen LogP contribution in [0.4, 0.5) is 4.79 Å². The van der Waals surface area contributed by atoms with Crippen molar-refractivity contribution in [1.29, 1.82) is 0 Å². The Bertz CT molecular complexity index is 520. The Labute approximate surface area is 124 Å². The fourth-order valence-electron chi connectivity index (χ4n) is 1.50. The zero-order chi connectivity index (χ0) is 16.3. The van der Waals surface area contributed by atoms with Gasteiger partial charge in [0.25, 0.3) is 0 Å². The van der Waals surface area contributed by atoms with Gasteiger partial charge in [-0.1, -0.05) is 6.92 Å². The van der Waals surface area contributed by atoms with Crippen LogP contribution in [0, 0.1) is 5.41 Å². The first-order valence-corrected chi connectivity index (χ1v) is 6.83. The number of hydrogen-bond acceptors (Lipinski definition) is 4. The second-order valence-corrected chi connectivity index (χ2v) is 5.94. The van der Waals surface area contributed by atoms with Crippen LogP contribution < -0.4 is 10.6 Å². The number of carboxylic acids is 1. The molecule has 0 aliphatic carbocycles. The molecular weight excluding hydrogens is 274 g/mol. The number of urea groups is 1. The molecule has 21 heavy (non-hydrogen) atoms. The number of nitrogens with one attached hydrogen (secondary N) is 2. The average molecular weight is 297 g/mol. The lowest BCUT2D eigenvalue weighted by molar-refractivity contribution is -0.150. The predicted octanol–water partition coefficient (Wildman–Crippen LogP) is 1.93. The van der Waals surface area contributed by atoms with Crippen LogP contribution >= 0.6 is 0 Å². The van der Waals surface area contributed by atoms with E-state index in [1.807, 2.05) is 6.92 Å². The molecule has 0 radical (unpaired) electrons. The minimum absolute atomic E-state index is 0.148. The summed E-state index contributed by atoms with van der Waals surface area (Å²) < 4.78 is 5.37. The number of nitrogens with zero attached hydrogens (tertiary/aromatic N) is 1. The minimum atomic E-state index is -1.11. The molecule has 0 atom stereocenters. The number of carboxylic acid groups (broad SMARTS) is 1. The molecule has 0 spiro atoms. The topological polar surface area (TPSA) is 104 Å². The van der Waals surface area contributed by atoms with E-state index in [-0.39, 0.29) is 6.54 Å². The molecule has 2 amide bonds. The third-order valence-corrected chi connectivity index (χ3v) is 3.87. The van der Waals surface area contributed by atoms with Crippen LogP contribution in [-0.4, -0.2) is 27.6 Å². The van der Waals surface area contributed by atoms with Crippen LogP contribution in [0.15, 0.2) is 10.6 Å². The fraction of sp³-hybridized carbons (Fsp3) is 0.643. The molecule has 1 aromatic rings. The van der Waals surface area contributed by atoms with E-state index in [2.05, 4.69) is 15.6 Å². The molecule has 3 N–H and O–H groups in total. The van der Waals surface area contributed by atoms with E-state index in [1.54, 1.807) is 33.9 Å². The van der Waals surface area contributed by atoms with Gasteiger partial charge in [-0.05, 0) is 27.7 Å². The Morgan fingerprint density at radius 2 is 1.95 bits per heavy atom. The summed E-state index contributed by atoms with van der Waals surface area (Å²) in [6.45, 7) is 8.56. The van der Waals surface area contributed by atoms with E-state index in [1.165, 1.54) is 0 Å². The summed E-state index contributed by atoms with van der Waals surface area (Å²) in [6, 6.07) is -0.467. The molecule has 0 fully saturated rings. The van der Waals surface area contributed by atoms with Gasteiger partial charge in [-0.15, -0.1) is 0 Å². The highest BCUT2D eigenvalue weighted by atomic mass is 16.4. The van der Waals surface area contributed by atoms with Crippen molar-refractivity contribution in [2.24, 2.45) is 5.41 Å². The first kappa shape index (κ1) is 17.0. The minimum Gasteiger partial charge on any atom is -0.481 e. The van der Waals surface area contributed by atoms with Gasteiger partial charge in [-0.25, -0.2) is 9.78 Å². The zero-order valence-electron chi connectivity index (χ0n) is 13.1. The standard InChI is InChI=1S/C14H23N3O4/c1-6-9-7-15-10(21-9)8-16-12(20)17-14(4,5)13(2,3)11(18)19/h7H,6,8H2,1-5H3,(H,18,19)(H2,16,17,20). The Hall–Kier alpha value is -2.05. The molecule has 0 bridgehead atoms. The quantitative estimate of drug-likeness (QED) is 0.744. The van der Waals surface area contributed by atoms with Crippen molar-refractivity contribution in [3.8, 4) is 0 Å². The van der Waals surface area contributed by atoms with Crippen molar-refractivity contribution < 1.29 is 19.1 Å². The third-order valence-electron chi connectivity index (χ3n) is 3.87. The number of oxazole rings is 1. The molecule has 0 saturated carbocycles. The molecule has 0 saturated heterocycles. The molecule has 7 heteroatoms. The second kappa shape index (κ2) is 6.15. The Morgan fingerprint density at radius 1 is 1.33 bits per heavy atom. The lowest BCUT2D eigenvalue weighted by Crippen LogP contribution is -2.58. The van der Waals surface area contributed by atoms with Crippen LogP contribution in [0.2, 0.25) is 0 Å². The molecule has 1 heterocycles. The monoisotopic (exact) mass is 297 g/mol. The molecule has 1 rings (SSSR count). The first-order chi connectivity index (χ1) is 9.60. The van der Waals surface area contributed by atoms with Crippen molar-refractivity contribution in [3.05, 3.63) is 17.8 Å². The maximum Gasteiger partial charge on any atom is 0.315 e. The fourth-order valence-corrected chi connectivity index (χ4v) is 1.50. The zero-order valence-corrected chi connectivity index (χ0v) is 13.1. The summed E-state index contributed by atoms with van der Waals surface area (Å²) in [6.07, 6.45) is 2.35. The molecule has 0 aliphatic rings. The van der Waals surface area contributed by atoms with Gasteiger partial charge in [0.15, 0.2) is 0 Å². The van der Waals surface area contributed by atoms with Crippen LogP contribution in [0.5, 0.6) is 0 Å². The number of carbonyl (C=O) groups excluding carboxylic acids is 1. The van der Waals surface area contributed by atoms with E-state index in [0.717, 1.165) is 12.2 Å². The highest BCUT2D eigenvalue weighted by molar-refractivity contribution is 5.79. The summed E-state index contributed by atoms with van der Waals surface area (Å²) in [5.41, 5.74) is -2.03. The Morgan fingerprint density at radius 3 is 2.43 bits per heavy atom. The van der Waals surface area contributed by atoms with Crippen molar-refractivity contribution >= 4 is 12.0 Å². The van der Waals surface area contributed by atoms with Crippen molar-refractivity contribution in [2.75, 3.05) is 0 Å². The van der Waals surface area contributed by atoms with Gasteiger partial charge in [0, 0.05) is 6.42 Å². The highest BCUT2D eigenvalue weighted by Gasteiger charge is 2.44. The van der Waals surface area contributed by atoms with Crippen LogP contribution in [0.3, 0.4) is 0 Å². The van der Waals surface area contributed by atoms with Crippen molar-refractivity contribution in [1.82, 2.24) is 15.6 Å². The number of aliphatic carboxylic acids is 1. The van der Waals surface area contributed by atoms with Crippen LogP contribution in [0.1, 0.15) is 46.3 Å². The largest absolute Gasteiger partial charge is 0.481 e. The lowest BCUT2D eigenvalue weighted by Gasteiger charge is -2.38. The number of hydrogen-bond donors (Lipinski definition) is 3. The number of rotatable bonds is 6. The smallest absolute Gasteiger partial charge is 0.315 e. The van der Waals surface area contributed by atoms with Crippen LogP contribution in [0.25, 0.3) is 0 Å². The summed E-state index contributed by atoms with van der Waals surface area (Å²) in [4.78, 5) is 27.2. The first-order valence-electron chi connectivity index (χ1n) is 6.83. The summed E-state index contributed by atoms with van der Waals surface area (Å²) in [5.74, 6) is 0.185. The van der Waals surface area contributed by atoms with Crippen LogP contribution in [-0.2, 0) is 17.8 Å². The van der Waals surface area contributed by atoms with Gasteiger partial charge in [-0.2, -0.15) is 0 Å². The van der Waals surface area contributed by atoms with Crippen molar-refractivity contribution in [3.63, 3.8) is 0 Å². The number of aryl methyl sites for hydroxylation is 1. The second-order valence-electron chi connectivity index (χ2n) is 5.94. The molecule has 0 aliphatic heterocycles. The molecule has 0 unspecified atom stereocenters. The van der Waals surface area contributed by atoms with Gasteiger partial charge in [0.05, 0.1) is 23.7 Å². The molecule has 0 aromatic carbocycles. The molecule has 118 valence electrons. The average Bonchev–Trinajstić information content (AvgIpc) is 2.83. The van der Waals surface area contributed by atoms with Gasteiger partial charge in [0.2, 0.25) is 5.89 Å². The maximum absolute atomic E-state index is 11.9. The summed E-state index contributed by atoms with van der Waals surface area (Å²) in [5, 5.41) is 14.5. The number of amides is 2.